The van der Waals surface area contributed by atoms with Crippen LogP contribution in [0.15, 0.2) is 24.3 Å². The Kier molecular flexibility index (Phi) is 3.66. The first-order chi connectivity index (χ1) is 8.61. The summed E-state index contributed by atoms with van der Waals surface area (Å²) < 4.78 is 1.16. The molecule has 2 rings (SSSR count). The van der Waals surface area contributed by atoms with Crippen LogP contribution in [0.4, 0.5) is 0 Å². The van der Waals surface area contributed by atoms with Gasteiger partial charge in [0.15, 0.2) is 0 Å². The van der Waals surface area contributed by atoms with Crippen LogP contribution in [0.2, 0.25) is 0 Å². The molecule has 0 aliphatic heterocycles. The second-order valence-electron chi connectivity index (χ2n) is 4.60. The Bertz CT molecular complexity index is 525. The number of primary amides is 1. The lowest BCUT2D eigenvalue weighted by Crippen LogP contribution is -2.38. The summed E-state index contributed by atoms with van der Waals surface area (Å²) in [6, 6.07) is 8.04. The van der Waals surface area contributed by atoms with Gasteiger partial charge in [-0.05, 0) is 25.0 Å². The summed E-state index contributed by atoms with van der Waals surface area (Å²) in [5, 5.41) is 0.999. The molecule has 0 spiro atoms. The lowest BCUT2D eigenvalue weighted by atomic mass is 9.79. The fourth-order valence-corrected chi connectivity index (χ4v) is 3.33. The van der Waals surface area contributed by atoms with Gasteiger partial charge in [-0.25, -0.2) is 4.98 Å². The van der Waals surface area contributed by atoms with E-state index >= 15 is 0 Å². The highest BCUT2D eigenvalue weighted by Gasteiger charge is 2.34. The minimum atomic E-state index is -0.451. The molecule has 0 aliphatic carbocycles. The maximum Gasteiger partial charge on any atom is 0.224 e. The van der Waals surface area contributed by atoms with Crippen LogP contribution >= 0.6 is 11.3 Å². The van der Waals surface area contributed by atoms with Crippen molar-refractivity contribution in [2.24, 2.45) is 11.1 Å². The highest BCUT2D eigenvalue weighted by Crippen LogP contribution is 2.33. The van der Waals surface area contributed by atoms with Crippen LogP contribution in [0, 0.1) is 5.41 Å². The third-order valence-electron chi connectivity index (χ3n) is 3.70. The van der Waals surface area contributed by atoms with Crippen LogP contribution in [0.25, 0.3) is 10.2 Å². The molecule has 0 radical (unpaired) electrons. The van der Waals surface area contributed by atoms with Gasteiger partial charge in [0.1, 0.15) is 0 Å². The number of nitrogens with two attached hydrogens (primary N) is 1. The number of hydrogen-bond donors (Lipinski definition) is 1. The number of aromatic nitrogens is 1. The van der Waals surface area contributed by atoms with Crippen molar-refractivity contribution >= 4 is 27.5 Å². The van der Waals surface area contributed by atoms with Gasteiger partial charge in [0.2, 0.25) is 5.91 Å². The van der Waals surface area contributed by atoms with E-state index in [2.05, 4.69) is 11.1 Å². The first-order valence-corrected chi connectivity index (χ1v) is 7.07. The van der Waals surface area contributed by atoms with Crippen molar-refractivity contribution in [2.75, 3.05) is 0 Å². The van der Waals surface area contributed by atoms with Gasteiger partial charge in [-0.3, -0.25) is 4.79 Å². The number of carbonyl (C=O) groups is 1. The van der Waals surface area contributed by atoms with Gasteiger partial charge in [0.25, 0.3) is 0 Å². The molecule has 1 amide bonds. The highest BCUT2D eigenvalue weighted by atomic mass is 32.1. The molecule has 0 saturated heterocycles. The third kappa shape index (κ3) is 2.25. The van der Waals surface area contributed by atoms with Crippen LogP contribution in [-0.2, 0) is 11.2 Å². The van der Waals surface area contributed by atoms with Gasteiger partial charge < -0.3 is 5.73 Å². The number of fused-ring (bicyclic) bond motifs is 1. The maximum atomic E-state index is 11.7. The monoisotopic (exact) mass is 262 g/mol. The molecule has 3 nitrogen and oxygen atoms in total. The average molecular weight is 262 g/mol. The Morgan fingerprint density at radius 3 is 2.56 bits per heavy atom. The van der Waals surface area contributed by atoms with Crippen molar-refractivity contribution in [3.8, 4) is 0 Å². The number of para-hydroxylation sites is 1. The molecule has 1 aromatic heterocycles. The number of nitrogens with zero attached hydrogens (tertiary/aromatic N) is 1. The zero-order valence-corrected chi connectivity index (χ0v) is 11.6. The second kappa shape index (κ2) is 5.06. The lowest BCUT2D eigenvalue weighted by Gasteiger charge is -2.26. The minimum Gasteiger partial charge on any atom is -0.369 e. The summed E-state index contributed by atoms with van der Waals surface area (Å²) in [6.45, 7) is 4.03. The quantitative estimate of drug-likeness (QED) is 0.900. The molecule has 2 aromatic rings. The number of benzene rings is 1. The lowest BCUT2D eigenvalue weighted by molar-refractivity contribution is -0.128. The Morgan fingerprint density at radius 1 is 1.33 bits per heavy atom. The number of rotatable bonds is 5. The number of hydrogen-bond acceptors (Lipinski definition) is 3. The van der Waals surface area contributed by atoms with Crippen molar-refractivity contribution in [1.82, 2.24) is 4.98 Å². The molecule has 4 heteroatoms. The van der Waals surface area contributed by atoms with Gasteiger partial charge in [-0.2, -0.15) is 0 Å². The van der Waals surface area contributed by atoms with E-state index in [9.17, 15) is 4.79 Å². The number of amides is 1. The molecule has 1 heterocycles. The first-order valence-electron chi connectivity index (χ1n) is 6.25. The molecule has 0 saturated carbocycles. The normalized spacial score (nSPS) is 11.9. The van der Waals surface area contributed by atoms with Gasteiger partial charge in [-0.1, -0.05) is 26.0 Å². The molecular formula is C14H18N2OS. The van der Waals surface area contributed by atoms with Crippen LogP contribution in [0.5, 0.6) is 0 Å². The zero-order chi connectivity index (χ0) is 13.2. The van der Waals surface area contributed by atoms with E-state index in [1.54, 1.807) is 11.3 Å². The Labute approximate surface area is 111 Å². The topological polar surface area (TPSA) is 56.0 Å². The second-order valence-corrected chi connectivity index (χ2v) is 5.72. The van der Waals surface area contributed by atoms with E-state index in [4.69, 9.17) is 5.73 Å². The standard InChI is InChI=1S/C14H18N2OS/c1-3-14(4-2,13(15)17)9-12-16-10-7-5-6-8-11(10)18-12/h5-8H,3-4,9H2,1-2H3,(H2,15,17). The SMILES string of the molecule is CCC(CC)(Cc1nc2ccccc2s1)C(N)=O. The van der Waals surface area contributed by atoms with Gasteiger partial charge in [-0.15, -0.1) is 11.3 Å². The Balaban J connectivity index is 2.34. The molecule has 18 heavy (non-hydrogen) atoms. The molecule has 96 valence electrons. The van der Waals surface area contributed by atoms with Crippen LogP contribution in [-0.4, -0.2) is 10.9 Å². The summed E-state index contributed by atoms with van der Waals surface area (Å²) in [7, 11) is 0. The predicted octanol–water partition coefficient (Wildman–Crippen LogP) is 3.13. The highest BCUT2D eigenvalue weighted by molar-refractivity contribution is 7.18. The van der Waals surface area contributed by atoms with E-state index in [0.29, 0.717) is 6.42 Å². The van der Waals surface area contributed by atoms with Crippen molar-refractivity contribution in [2.45, 2.75) is 33.1 Å². The van der Waals surface area contributed by atoms with Gasteiger partial charge in [0.05, 0.1) is 20.6 Å². The third-order valence-corrected chi connectivity index (χ3v) is 4.74. The summed E-state index contributed by atoms with van der Waals surface area (Å²) in [5.41, 5.74) is 6.13. The molecule has 1 aromatic carbocycles. The number of carbonyl (C=O) groups excluding carboxylic acids is 1. The van der Waals surface area contributed by atoms with Crippen molar-refractivity contribution in [3.63, 3.8) is 0 Å². The Morgan fingerprint density at radius 2 is 2.00 bits per heavy atom. The largest absolute Gasteiger partial charge is 0.369 e. The summed E-state index contributed by atoms with van der Waals surface area (Å²) in [6.07, 6.45) is 2.16. The minimum absolute atomic E-state index is 0.216. The summed E-state index contributed by atoms with van der Waals surface area (Å²) >= 11 is 1.65. The average Bonchev–Trinajstić information content (AvgIpc) is 2.77. The molecule has 2 N–H and O–H groups in total. The molecule has 0 aliphatic rings. The summed E-state index contributed by atoms with van der Waals surface area (Å²) in [5.74, 6) is -0.216. The van der Waals surface area contributed by atoms with Gasteiger partial charge in [0, 0.05) is 6.42 Å². The van der Waals surface area contributed by atoms with Crippen LogP contribution in [0.1, 0.15) is 31.7 Å². The maximum absolute atomic E-state index is 11.7. The van der Waals surface area contributed by atoms with Crippen molar-refractivity contribution in [3.05, 3.63) is 29.3 Å². The molecule has 0 atom stereocenters. The number of thiazole rings is 1. The molecule has 0 fully saturated rings. The molecular weight excluding hydrogens is 244 g/mol. The van der Waals surface area contributed by atoms with Gasteiger partial charge >= 0.3 is 0 Å². The summed E-state index contributed by atoms with van der Waals surface area (Å²) in [4.78, 5) is 16.3. The first kappa shape index (κ1) is 13.0. The van der Waals surface area contributed by atoms with E-state index in [-0.39, 0.29) is 5.91 Å². The van der Waals surface area contributed by atoms with E-state index in [1.807, 2.05) is 32.0 Å². The smallest absolute Gasteiger partial charge is 0.224 e. The van der Waals surface area contributed by atoms with E-state index in [0.717, 1.165) is 28.1 Å². The fraction of sp³-hybridized carbons (Fsp3) is 0.429. The predicted molar refractivity (Wildman–Crippen MR) is 75.5 cm³/mol. The van der Waals surface area contributed by atoms with E-state index < -0.39 is 5.41 Å². The van der Waals surface area contributed by atoms with Crippen LogP contribution in [0.3, 0.4) is 0 Å². The Hall–Kier alpha value is -1.42. The van der Waals surface area contributed by atoms with Crippen molar-refractivity contribution < 1.29 is 4.79 Å². The molecule has 0 unspecified atom stereocenters. The van der Waals surface area contributed by atoms with Crippen LogP contribution < -0.4 is 5.73 Å². The zero-order valence-electron chi connectivity index (χ0n) is 10.8. The van der Waals surface area contributed by atoms with Crippen molar-refractivity contribution in [1.29, 1.82) is 0 Å². The van der Waals surface area contributed by atoms with E-state index in [1.165, 1.54) is 0 Å². The fourth-order valence-electron chi connectivity index (χ4n) is 2.22. The molecule has 0 bridgehead atoms.